The first-order chi connectivity index (χ1) is 13.0. The second-order valence-corrected chi connectivity index (χ2v) is 6.22. The van der Waals surface area contributed by atoms with Crippen LogP contribution >= 0.6 is 0 Å². The van der Waals surface area contributed by atoms with Gasteiger partial charge in [0, 0.05) is 13.0 Å². The smallest absolute Gasteiger partial charge is 0.308 e. The molecule has 1 atom stereocenters. The molecule has 0 spiro atoms. The van der Waals surface area contributed by atoms with Gasteiger partial charge in [-0.1, -0.05) is 36.4 Å². The Kier molecular flexibility index (Phi) is 7.67. The number of hydrogen-bond donors (Lipinski definition) is 2. The predicted molar refractivity (Wildman–Crippen MR) is 102 cm³/mol. The van der Waals surface area contributed by atoms with Crippen LogP contribution < -0.4 is 14.8 Å². The number of carbonyl (C=O) groups excluding carboxylic acids is 1. The second-order valence-electron chi connectivity index (χ2n) is 6.22. The molecule has 0 aliphatic rings. The fourth-order valence-corrected chi connectivity index (χ4v) is 2.76. The molecule has 1 amide bonds. The number of carboxylic acids is 1. The van der Waals surface area contributed by atoms with Crippen LogP contribution in [-0.4, -0.2) is 37.7 Å². The number of aryl methyl sites for hydroxylation is 1. The Hall–Kier alpha value is -3.02. The van der Waals surface area contributed by atoms with Crippen molar-refractivity contribution in [2.75, 3.05) is 20.8 Å². The first-order valence-corrected chi connectivity index (χ1v) is 8.77. The van der Waals surface area contributed by atoms with Crippen LogP contribution in [0.4, 0.5) is 0 Å². The van der Waals surface area contributed by atoms with Gasteiger partial charge in [0.05, 0.1) is 20.1 Å². The van der Waals surface area contributed by atoms with Crippen molar-refractivity contribution in [2.45, 2.75) is 19.3 Å². The number of nitrogens with one attached hydrogen (secondary N) is 1. The van der Waals surface area contributed by atoms with Crippen LogP contribution in [0.3, 0.4) is 0 Å². The topological polar surface area (TPSA) is 84.9 Å². The van der Waals surface area contributed by atoms with Gasteiger partial charge in [0.1, 0.15) is 0 Å². The van der Waals surface area contributed by atoms with Gasteiger partial charge in [-0.05, 0) is 36.1 Å². The zero-order valence-electron chi connectivity index (χ0n) is 15.6. The molecule has 2 rings (SSSR count). The third kappa shape index (κ3) is 6.33. The summed E-state index contributed by atoms with van der Waals surface area (Å²) in [7, 11) is 3.13. The molecule has 1 unspecified atom stereocenters. The highest BCUT2D eigenvalue weighted by Gasteiger charge is 2.19. The minimum Gasteiger partial charge on any atom is -0.493 e. The lowest BCUT2D eigenvalue weighted by Gasteiger charge is -2.14. The molecule has 2 aromatic rings. The van der Waals surface area contributed by atoms with E-state index in [4.69, 9.17) is 9.47 Å². The van der Waals surface area contributed by atoms with Crippen molar-refractivity contribution in [3.05, 3.63) is 59.7 Å². The van der Waals surface area contributed by atoms with Gasteiger partial charge in [-0.2, -0.15) is 0 Å². The number of amides is 1. The quantitative estimate of drug-likeness (QED) is 0.671. The van der Waals surface area contributed by atoms with Crippen molar-refractivity contribution in [3.8, 4) is 11.5 Å². The highest BCUT2D eigenvalue weighted by atomic mass is 16.5. The highest BCUT2D eigenvalue weighted by molar-refractivity contribution is 5.77. The third-order valence-electron chi connectivity index (χ3n) is 4.31. The molecule has 27 heavy (non-hydrogen) atoms. The Morgan fingerprint density at radius 2 is 1.70 bits per heavy atom. The summed E-state index contributed by atoms with van der Waals surface area (Å²) in [5.41, 5.74) is 1.88. The lowest BCUT2D eigenvalue weighted by Crippen LogP contribution is -2.34. The summed E-state index contributed by atoms with van der Waals surface area (Å²) in [4.78, 5) is 23.6. The molecule has 0 saturated heterocycles. The van der Waals surface area contributed by atoms with Crippen LogP contribution in [0.25, 0.3) is 0 Å². The maximum atomic E-state index is 12.1. The standard InChI is InChI=1S/C21H25NO5/c1-26-18-10-8-16(13-19(18)27-2)9-11-20(23)22-14-17(21(24)25)12-15-6-4-3-5-7-15/h3-8,10,13,17H,9,11-12,14H2,1-2H3,(H,22,23)(H,24,25). The van der Waals surface area contributed by atoms with E-state index < -0.39 is 11.9 Å². The Bertz CT molecular complexity index is 760. The number of rotatable bonds is 10. The molecule has 144 valence electrons. The molecule has 0 aromatic heterocycles. The fraction of sp³-hybridized carbons (Fsp3) is 0.333. The first kappa shape index (κ1) is 20.3. The van der Waals surface area contributed by atoms with Crippen molar-refractivity contribution in [1.29, 1.82) is 0 Å². The SMILES string of the molecule is COc1ccc(CCC(=O)NCC(Cc2ccccc2)C(=O)O)cc1OC. The number of benzene rings is 2. The molecule has 0 aliphatic carbocycles. The van der Waals surface area contributed by atoms with E-state index in [2.05, 4.69) is 5.32 Å². The van der Waals surface area contributed by atoms with E-state index >= 15 is 0 Å². The molecule has 0 radical (unpaired) electrons. The van der Waals surface area contributed by atoms with Crippen LogP contribution in [0.15, 0.2) is 48.5 Å². The normalized spacial score (nSPS) is 11.5. The highest BCUT2D eigenvalue weighted by Crippen LogP contribution is 2.27. The lowest BCUT2D eigenvalue weighted by molar-refractivity contribution is -0.141. The molecule has 2 N–H and O–H groups in total. The van der Waals surface area contributed by atoms with Crippen LogP contribution in [-0.2, 0) is 22.4 Å². The van der Waals surface area contributed by atoms with Gasteiger partial charge >= 0.3 is 5.97 Å². The van der Waals surface area contributed by atoms with Crippen molar-refractivity contribution in [2.24, 2.45) is 5.92 Å². The Labute approximate surface area is 159 Å². The summed E-state index contributed by atoms with van der Waals surface area (Å²) < 4.78 is 10.4. The summed E-state index contributed by atoms with van der Waals surface area (Å²) in [5.74, 6) is -0.499. The van der Waals surface area contributed by atoms with E-state index in [0.717, 1.165) is 11.1 Å². The van der Waals surface area contributed by atoms with Gasteiger partial charge in [0.15, 0.2) is 11.5 Å². The van der Waals surface area contributed by atoms with Crippen LogP contribution in [0.5, 0.6) is 11.5 Å². The average Bonchev–Trinajstić information content (AvgIpc) is 2.69. The number of carboxylic acid groups (broad SMARTS) is 1. The number of carbonyl (C=O) groups is 2. The van der Waals surface area contributed by atoms with Gasteiger partial charge in [0.25, 0.3) is 0 Å². The van der Waals surface area contributed by atoms with Crippen molar-refractivity contribution < 1.29 is 24.2 Å². The minimum absolute atomic E-state index is 0.106. The molecular weight excluding hydrogens is 346 g/mol. The van der Waals surface area contributed by atoms with Crippen molar-refractivity contribution >= 4 is 11.9 Å². The summed E-state index contributed by atoms with van der Waals surface area (Å²) in [5, 5.41) is 12.1. The van der Waals surface area contributed by atoms with E-state index in [0.29, 0.717) is 24.3 Å². The Morgan fingerprint density at radius 3 is 2.33 bits per heavy atom. The number of ether oxygens (including phenoxy) is 2. The Balaban J connectivity index is 1.84. The maximum absolute atomic E-state index is 12.1. The van der Waals surface area contributed by atoms with Crippen molar-refractivity contribution in [3.63, 3.8) is 0 Å². The monoisotopic (exact) mass is 371 g/mol. The van der Waals surface area contributed by atoms with E-state index in [1.165, 1.54) is 0 Å². The largest absolute Gasteiger partial charge is 0.493 e. The fourth-order valence-electron chi connectivity index (χ4n) is 2.76. The van der Waals surface area contributed by atoms with Gasteiger partial charge in [-0.3, -0.25) is 9.59 Å². The van der Waals surface area contributed by atoms with Crippen LogP contribution in [0, 0.1) is 5.92 Å². The first-order valence-electron chi connectivity index (χ1n) is 8.77. The number of methoxy groups -OCH3 is 2. The van der Waals surface area contributed by atoms with E-state index in [9.17, 15) is 14.7 Å². The average molecular weight is 371 g/mol. The molecule has 0 aliphatic heterocycles. The molecule has 2 aromatic carbocycles. The van der Waals surface area contributed by atoms with E-state index in [1.807, 2.05) is 42.5 Å². The third-order valence-corrected chi connectivity index (χ3v) is 4.31. The molecule has 6 nitrogen and oxygen atoms in total. The van der Waals surface area contributed by atoms with Gasteiger partial charge in [-0.15, -0.1) is 0 Å². The summed E-state index contributed by atoms with van der Waals surface area (Å²) >= 11 is 0. The van der Waals surface area contributed by atoms with E-state index in [1.54, 1.807) is 20.3 Å². The molecule has 0 heterocycles. The zero-order valence-corrected chi connectivity index (χ0v) is 15.6. The van der Waals surface area contributed by atoms with Gasteiger partial charge in [-0.25, -0.2) is 0 Å². The Morgan fingerprint density at radius 1 is 1.00 bits per heavy atom. The summed E-state index contributed by atoms with van der Waals surface area (Å²) in [6.45, 7) is 0.106. The van der Waals surface area contributed by atoms with Gasteiger partial charge in [0.2, 0.25) is 5.91 Å². The van der Waals surface area contributed by atoms with Crippen LogP contribution in [0.2, 0.25) is 0 Å². The van der Waals surface area contributed by atoms with E-state index in [-0.39, 0.29) is 18.9 Å². The minimum atomic E-state index is -0.918. The molecule has 0 fully saturated rings. The van der Waals surface area contributed by atoms with Crippen molar-refractivity contribution in [1.82, 2.24) is 5.32 Å². The lowest BCUT2D eigenvalue weighted by atomic mass is 9.99. The summed E-state index contributed by atoms with van der Waals surface area (Å²) in [6, 6.07) is 14.9. The predicted octanol–water partition coefficient (Wildman–Crippen LogP) is 2.70. The van der Waals surface area contributed by atoms with Crippen LogP contribution in [0.1, 0.15) is 17.5 Å². The summed E-state index contributed by atoms with van der Waals surface area (Å²) in [6.07, 6.45) is 1.18. The molecule has 6 heteroatoms. The number of hydrogen-bond acceptors (Lipinski definition) is 4. The molecule has 0 bridgehead atoms. The molecular formula is C21H25NO5. The number of aliphatic carboxylic acids is 1. The molecule has 0 saturated carbocycles. The zero-order chi connectivity index (χ0) is 19.6. The second kappa shape index (κ2) is 10.2. The van der Waals surface area contributed by atoms with Gasteiger partial charge < -0.3 is 19.9 Å². The maximum Gasteiger partial charge on any atom is 0.308 e.